The molecule has 736 valence electrons. The van der Waals surface area contributed by atoms with Gasteiger partial charge in [-0.25, -0.2) is 18.2 Å². The number of carbonyl (C=O) groups excluding carboxylic acids is 7. The maximum Gasteiger partial charge on any atom is 0.290 e. The van der Waals surface area contributed by atoms with E-state index in [9.17, 15) is 46.7 Å². The second-order valence-electron chi connectivity index (χ2n) is 37.6. The van der Waals surface area contributed by atoms with Gasteiger partial charge < -0.3 is 53.2 Å². The second-order valence-corrected chi connectivity index (χ2v) is 38.6. The van der Waals surface area contributed by atoms with E-state index in [0.29, 0.717) is 111 Å². The lowest BCUT2D eigenvalue weighted by molar-refractivity contribution is -0.125. The molecule has 5 aliphatic heterocycles. The number of nitrogens with one attached hydrogen (secondary N) is 3. The van der Waals surface area contributed by atoms with Gasteiger partial charge in [0.15, 0.2) is 17.3 Å². The van der Waals surface area contributed by atoms with E-state index in [2.05, 4.69) is 101 Å². The van der Waals surface area contributed by atoms with Crippen LogP contribution < -0.4 is 26.7 Å². The molecular formula is C114H97F3N18O11S. The highest BCUT2D eigenvalue weighted by Gasteiger charge is 2.47. The normalized spacial score (nSPS) is 16.9. The number of furan rings is 3. The lowest BCUT2D eigenvalue weighted by Gasteiger charge is -2.35. The summed E-state index contributed by atoms with van der Waals surface area (Å²) in [5.74, 6) is -1.47. The Balaban J connectivity index is 0.000000111. The van der Waals surface area contributed by atoms with Crippen molar-refractivity contribution < 1.29 is 64.4 Å². The standard InChI is InChI=1S/C29H25FN4O3.C29H23N5O3.C28H24FN5O2S.C28H25FN4O3/c1-31-28(35)25-15-21-20(14-19-3-2-4-22(30)26(19)21)16-34(25)29(36)27-18(9-12-37-27)7-5-17-6-8-23-24(13-17)33-11-10-32-23;35-29(27-19(9-12-36-27)7-5-18-6-8-24-25(13-18)31-11-10-30-24)34-16-21-14-20-3-1-2-4-22(20)23(21)15-26(34)28-33-32-17-37-28;1-30-27(35)23-13-19-18(12-17-3-2-4-20(29)25(17)19)14-34(23)28(36)26-24(37-15-33-26)8-6-16-5-7-21-22(11-16)32-10-9-31-21;1-30-27(34)24-13-20-19(12-18-3-2-4-21(29)25(18)20)14-33(24)28(35)26-17(9-10-36-26)7-5-16-6-8-22-23(11-16)32-15-31-22/h2-4,6,8-13,25H,5,7,14-16H2,1H3,(H,31,35);1-4,6,8-13,17,26H,5,7,14-16H2;2-5,7,9-11,15,23H,6,8,12-14H2,1H3,(H,30,35);2-4,6,8-11,24H,5,7,12-15H2,1H3,(H,30,34)/t;26-;23-;24-/m.111/s1. The molecule has 0 radical (unpaired) electrons. The molecule has 29 nitrogen and oxygen atoms in total. The quantitative estimate of drug-likeness (QED) is 0.0638. The zero-order valence-electron chi connectivity index (χ0n) is 80.4. The molecule has 16 aromatic rings. The molecule has 1 unspecified atom stereocenters. The Morgan fingerprint density at radius 2 is 0.762 bits per heavy atom. The van der Waals surface area contributed by atoms with Gasteiger partial charge in [0.05, 0.1) is 68.1 Å². The fourth-order valence-electron chi connectivity index (χ4n) is 21.9. The predicted molar refractivity (Wildman–Crippen MR) is 541 cm³/mol. The van der Waals surface area contributed by atoms with Crippen LogP contribution in [0.2, 0.25) is 0 Å². The van der Waals surface area contributed by atoms with Gasteiger partial charge in [-0.3, -0.25) is 73.5 Å². The van der Waals surface area contributed by atoms with Crippen LogP contribution in [0.4, 0.5) is 13.2 Å². The van der Waals surface area contributed by atoms with Crippen LogP contribution in [-0.4, -0.2) is 178 Å². The van der Waals surface area contributed by atoms with E-state index in [0.717, 1.165) is 157 Å². The van der Waals surface area contributed by atoms with Crippen LogP contribution in [0.3, 0.4) is 0 Å². The first kappa shape index (κ1) is 94.9. The number of carbonyl (C=O) groups is 7. The van der Waals surface area contributed by atoms with E-state index in [4.69, 9.17) is 17.7 Å². The summed E-state index contributed by atoms with van der Waals surface area (Å²) in [6, 6.07) is 50.6. The second kappa shape index (κ2) is 41.0. The SMILES string of the molecule is CNC(=O)C1CC2=C(Cc3cccc(F)c32)CN1C(=O)c1occc1CCc1ccc2nccnc2c1.CNC(=O)[C@H]1CC2=C(Cc3cccc(F)c32)CN1C(=O)c1ncsc1CCc1ccc2nccnc2c1.CNC(=O)[C@H]1CC2=C(Cc3cccc(F)c32)CN1C(=O)c1occc1CCc1ccc2c(c1)=NCN=2.O=C(c1occc1CCc1ccc2nccnc2c1)N1CC2=C(C[C@@H]1c1nnco1)c1ccccc1C2. The van der Waals surface area contributed by atoms with Crippen LogP contribution in [0.25, 0.3) is 55.4 Å². The fourth-order valence-corrected chi connectivity index (χ4v) is 22.7. The van der Waals surface area contributed by atoms with Crippen molar-refractivity contribution in [1.82, 2.24) is 80.6 Å². The molecule has 0 fully saturated rings. The number of aromatic nitrogens is 9. The Bertz CT molecular complexity index is 8030. The zero-order valence-corrected chi connectivity index (χ0v) is 81.2. The van der Waals surface area contributed by atoms with Crippen LogP contribution in [0.15, 0.2) is 288 Å². The molecule has 8 aromatic heterocycles. The Morgan fingerprint density at radius 1 is 0.374 bits per heavy atom. The molecular weight excluding hydrogens is 1890 g/mol. The van der Waals surface area contributed by atoms with Crippen LogP contribution in [-0.2, 0) is 91.4 Å². The van der Waals surface area contributed by atoms with Crippen LogP contribution in [0, 0.1) is 17.5 Å². The molecule has 7 amide bonds. The highest BCUT2D eigenvalue weighted by Crippen LogP contribution is 2.49. The van der Waals surface area contributed by atoms with Crippen molar-refractivity contribution >= 4 is 108 Å². The summed E-state index contributed by atoms with van der Waals surface area (Å²) in [6.45, 7) is 1.76. The summed E-state index contributed by atoms with van der Waals surface area (Å²) in [5, 5.41) is 17.9. The number of aryl methyl sites for hydroxylation is 8. The zero-order chi connectivity index (χ0) is 101. The monoisotopic (exact) mass is 1980 g/mol. The maximum atomic E-state index is 14.7. The number of nitrogens with zero attached hydrogens (tertiary/aromatic N) is 15. The highest BCUT2D eigenvalue weighted by molar-refractivity contribution is 7.10. The van der Waals surface area contributed by atoms with Gasteiger partial charge >= 0.3 is 0 Å². The van der Waals surface area contributed by atoms with E-state index < -0.39 is 18.1 Å². The third kappa shape index (κ3) is 18.9. The van der Waals surface area contributed by atoms with Crippen molar-refractivity contribution in [2.24, 2.45) is 9.98 Å². The third-order valence-corrected chi connectivity index (χ3v) is 30.1. The number of thiazole rings is 1. The highest BCUT2D eigenvalue weighted by atomic mass is 32.1. The number of halogens is 3. The minimum Gasteiger partial charge on any atom is -0.459 e. The number of benzene rings is 8. The van der Waals surface area contributed by atoms with Crippen molar-refractivity contribution in [2.75, 3.05) is 54.0 Å². The van der Waals surface area contributed by atoms with E-state index in [1.54, 1.807) is 109 Å². The molecule has 0 bridgehead atoms. The van der Waals surface area contributed by atoms with Crippen molar-refractivity contribution in [3.63, 3.8) is 0 Å². The van der Waals surface area contributed by atoms with Gasteiger partial charge in [-0.1, -0.05) is 84.9 Å². The average Bonchev–Trinajstić information content (AvgIpc) is 1.66. The first-order valence-corrected chi connectivity index (χ1v) is 49.8. The molecule has 147 heavy (non-hydrogen) atoms. The molecule has 8 aromatic carbocycles. The predicted octanol–water partition coefficient (Wildman–Crippen LogP) is 15.5. The Morgan fingerprint density at radius 3 is 1.21 bits per heavy atom. The van der Waals surface area contributed by atoms with Gasteiger partial charge in [-0.05, 0) is 257 Å². The van der Waals surface area contributed by atoms with Crippen LogP contribution in [0.1, 0.15) is 168 Å². The number of rotatable bonds is 20. The molecule has 33 heteroatoms. The minimum absolute atomic E-state index is 0.157. The van der Waals surface area contributed by atoms with Gasteiger partial charge in [-0.15, -0.1) is 21.5 Å². The number of hydrogen-bond donors (Lipinski definition) is 3. The molecule has 9 aliphatic rings. The van der Waals surface area contributed by atoms with Gasteiger partial charge in [-0.2, -0.15) is 0 Å². The molecule has 4 aliphatic carbocycles. The van der Waals surface area contributed by atoms with Crippen molar-refractivity contribution in [3.8, 4) is 0 Å². The van der Waals surface area contributed by atoms with Gasteiger partial charge in [0.25, 0.3) is 23.6 Å². The van der Waals surface area contributed by atoms with Crippen LogP contribution >= 0.6 is 11.3 Å². The molecule has 0 saturated heterocycles. The summed E-state index contributed by atoms with van der Waals surface area (Å²) in [6.07, 6.45) is 25.4. The van der Waals surface area contributed by atoms with Crippen molar-refractivity contribution in [1.29, 1.82) is 0 Å². The lowest BCUT2D eigenvalue weighted by Crippen LogP contribution is -2.51. The van der Waals surface area contributed by atoms with Gasteiger partial charge in [0, 0.05) is 148 Å². The number of hydrogen-bond acceptors (Lipinski definition) is 23. The summed E-state index contributed by atoms with van der Waals surface area (Å²) >= 11 is 1.44. The Kier molecular flexibility index (Phi) is 26.5. The first-order chi connectivity index (χ1) is 71.8. The van der Waals surface area contributed by atoms with Gasteiger partial charge in [0.1, 0.15) is 54.0 Å². The molecule has 25 rings (SSSR count). The molecule has 4 atom stereocenters. The average molecular weight is 1980 g/mol. The first-order valence-electron chi connectivity index (χ1n) is 48.9. The minimum atomic E-state index is -0.751. The van der Waals surface area contributed by atoms with E-state index in [1.807, 2.05) is 102 Å². The molecule has 13 heterocycles. The smallest absolute Gasteiger partial charge is 0.290 e. The summed E-state index contributed by atoms with van der Waals surface area (Å²) in [7, 11) is 4.65. The maximum absolute atomic E-state index is 14.7. The Hall–Kier alpha value is -17.0. The van der Waals surface area contributed by atoms with Crippen molar-refractivity contribution in [2.45, 2.75) is 127 Å². The van der Waals surface area contributed by atoms with Crippen molar-refractivity contribution in [3.05, 3.63) is 405 Å². The third-order valence-electron chi connectivity index (χ3n) is 29.2. The number of likely N-dealkylation sites (N-methyl/N-ethyl adjacent to an activating group) is 3. The summed E-state index contributed by atoms with van der Waals surface area (Å²) < 4.78 is 66.7. The van der Waals surface area contributed by atoms with Crippen LogP contribution in [0.5, 0.6) is 0 Å². The topological polar surface area (TPSA) is 362 Å². The Labute approximate surface area is 844 Å². The fraction of sp³-hybridized carbons (Fsp3) is 0.246. The van der Waals surface area contributed by atoms with E-state index >= 15 is 0 Å². The van der Waals surface area contributed by atoms with E-state index in [-0.39, 0.29) is 115 Å². The molecule has 3 N–H and O–H groups in total. The molecule has 0 spiro atoms. The largest absolute Gasteiger partial charge is 0.459 e. The van der Waals surface area contributed by atoms with E-state index in [1.165, 1.54) is 70.7 Å². The number of fused-ring (bicyclic) bond motifs is 12. The lowest BCUT2D eigenvalue weighted by atomic mass is 9.92. The number of amides is 7. The van der Waals surface area contributed by atoms with Gasteiger partial charge in [0.2, 0.25) is 30.0 Å². The summed E-state index contributed by atoms with van der Waals surface area (Å²) in [5.41, 5.74) is 29.0. The summed E-state index contributed by atoms with van der Waals surface area (Å²) in [4.78, 5) is 141. The molecule has 0 saturated carbocycles.